The van der Waals surface area contributed by atoms with Gasteiger partial charge in [0, 0.05) is 18.7 Å². The highest BCUT2D eigenvalue weighted by molar-refractivity contribution is 6.00. The van der Waals surface area contributed by atoms with Gasteiger partial charge in [-0.3, -0.25) is 4.79 Å². The van der Waals surface area contributed by atoms with Crippen LogP contribution in [0.3, 0.4) is 0 Å². The Hall–Kier alpha value is -1.88. The highest BCUT2D eigenvalue weighted by atomic mass is 16.6. The number of carbonyl (C=O) groups is 2. The maximum absolute atomic E-state index is 11.8. The molecule has 0 spiro atoms. The van der Waals surface area contributed by atoms with E-state index in [0.29, 0.717) is 5.56 Å². The van der Waals surface area contributed by atoms with Crippen molar-refractivity contribution in [2.24, 2.45) is 5.73 Å². The lowest BCUT2D eigenvalue weighted by atomic mass is 10.1. The first-order valence-electron chi connectivity index (χ1n) is 5.01. The molecule has 1 aromatic carbocycles. The molecule has 5 heteroatoms. The van der Waals surface area contributed by atoms with Crippen LogP contribution in [0, 0.1) is 0 Å². The van der Waals surface area contributed by atoms with Crippen LogP contribution in [0.5, 0.6) is 0 Å². The number of rotatable bonds is 3. The van der Waals surface area contributed by atoms with Gasteiger partial charge in [-0.1, -0.05) is 30.3 Å². The summed E-state index contributed by atoms with van der Waals surface area (Å²) in [4.78, 5) is 24.3. The normalized spacial score (nSPS) is 20.1. The Morgan fingerprint density at radius 3 is 2.56 bits per heavy atom. The number of nitrogens with zero attached hydrogens (tertiary/aromatic N) is 1. The van der Waals surface area contributed by atoms with Gasteiger partial charge >= 0.3 is 6.09 Å². The van der Waals surface area contributed by atoms with Crippen LogP contribution in [-0.4, -0.2) is 30.0 Å². The van der Waals surface area contributed by atoms with Crippen LogP contribution in [-0.2, 0) is 9.53 Å². The molecule has 1 heterocycles. The molecule has 1 aliphatic heterocycles. The number of amides is 2. The van der Waals surface area contributed by atoms with E-state index in [2.05, 4.69) is 0 Å². The molecule has 1 aliphatic rings. The molecule has 2 amide bonds. The molecule has 0 saturated carbocycles. The number of hydrogen-bond acceptors (Lipinski definition) is 4. The van der Waals surface area contributed by atoms with E-state index in [-0.39, 0.29) is 19.0 Å². The average Bonchev–Trinajstić information content (AvgIpc) is 2.59. The summed E-state index contributed by atoms with van der Waals surface area (Å²) >= 11 is 0. The lowest BCUT2D eigenvalue weighted by Crippen LogP contribution is -2.34. The highest BCUT2D eigenvalue weighted by Crippen LogP contribution is 2.26. The van der Waals surface area contributed by atoms with Crippen molar-refractivity contribution < 1.29 is 14.3 Å². The van der Waals surface area contributed by atoms with Crippen molar-refractivity contribution in [3.63, 3.8) is 0 Å². The van der Waals surface area contributed by atoms with E-state index in [1.54, 1.807) is 24.3 Å². The Labute approximate surface area is 92.8 Å². The number of cyclic esters (lactones) is 1. The van der Waals surface area contributed by atoms with E-state index in [0.717, 1.165) is 4.90 Å². The summed E-state index contributed by atoms with van der Waals surface area (Å²) in [6, 6.07) is 8.93. The van der Waals surface area contributed by atoms with E-state index < -0.39 is 12.2 Å². The van der Waals surface area contributed by atoms with Gasteiger partial charge in [-0.15, -0.1) is 0 Å². The minimum absolute atomic E-state index is 0.195. The van der Waals surface area contributed by atoms with Crippen molar-refractivity contribution in [1.29, 1.82) is 0 Å². The maximum Gasteiger partial charge on any atom is 0.417 e. The van der Waals surface area contributed by atoms with Crippen LogP contribution in [0.25, 0.3) is 0 Å². The number of carbonyl (C=O) groups excluding carboxylic acids is 2. The second-order valence-electron chi connectivity index (χ2n) is 3.45. The molecule has 1 aromatic rings. The lowest BCUT2D eigenvalue weighted by Gasteiger charge is -2.08. The molecule has 1 fully saturated rings. The predicted molar refractivity (Wildman–Crippen MR) is 56.4 cm³/mol. The minimum Gasteiger partial charge on any atom is -0.431 e. The highest BCUT2D eigenvalue weighted by Gasteiger charge is 2.40. The topological polar surface area (TPSA) is 72.6 Å². The van der Waals surface area contributed by atoms with Crippen LogP contribution >= 0.6 is 0 Å². The quantitative estimate of drug-likeness (QED) is 0.812. The monoisotopic (exact) mass is 220 g/mol. The van der Waals surface area contributed by atoms with Crippen LogP contribution < -0.4 is 5.73 Å². The Bertz CT molecular complexity index is 405. The predicted octanol–water partition coefficient (Wildman–Crippen LogP) is 0.665. The molecule has 84 valence electrons. The third-order valence-corrected chi connectivity index (χ3v) is 2.38. The number of hydrogen-bond donors (Lipinski definition) is 1. The van der Waals surface area contributed by atoms with Gasteiger partial charge in [0.2, 0.25) is 6.10 Å². The molecule has 1 saturated heterocycles. The smallest absolute Gasteiger partial charge is 0.417 e. The summed E-state index contributed by atoms with van der Waals surface area (Å²) in [5.41, 5.74) is 6.00. The Balaban J connectivity index is 2.21. The molecule has 5 nitrogen and oxygen atoms in total. The lowest BCUT2D eigenvalue weighted by molar-refractivity contribution is -0.129. The van der Waals surface area contributed by atoms with Gasteiger partial charge in [0.25, 0.3) is 5.91 Å². The van der Waals surface area contributed by atoms with Gasteiger partial charge in [-0.05, 0) is 0 Å². The zero-order chi connectivity index (χ0) is 11.5. The zero-order valence-electron chi connectivity index (χ0n) is 8.63. The molecular weight excluding hydrogens is 208 g/mol. The number of nitrogens with two attached hydrogens (primary N) is 1. The third kappa shape index (κ3) is 1.77. The van der Waals surface area contributed by atoms with E-state index in [9.17, 15) is 9.59 Å². The zero-order valence-corrected chi connectivity index (χ0v) is 8.63. The number of benzene rings is 1. The van der Waals surface area contributed by atoms with Crippen LogP contribution in [0.4, 0.5) is 4.79 Å². The van der Waals surface area contributed by atoms with E-state index in [1.165, 1.54) is 0 Å². The van der Waals surface area contributed by atoms with Gasteiger partial charge in [0.15, 0.2) is 0 Å². The summed E-state index contributed by atoms with van der Waals surface area (Å²) < 4.78 is 5.01. The van der Waals surface area contributed by atoms with Gasteiger partial charge in [0.1, 0.15) is 0 Å². The standard InChI is InChI=1S/C11H12N2O3/c12-6-7-13-10(14)9(16-11(13)15)8-4-2-1-3-5-8/h1-5,9H,6-7,12H2. The summed E-state index contributed by atoms with van der Waals surface area (Å²) in [5, 5.41) is 0. The minimum atomic E-state index is -0.819. The fourth-order valence-electron chi connectivity index (χ4n) is 1.62. The van der Waals surface area contributed by atoms with Crippen LogP contribution in [0.2, 0.25) is 0 Å². The SMILES string of the molecule is NCCN1C(=O)OC(c2ccccc2)C1=O. The van der Waals surface area contributed by atoms with Gasteiger partial charge in [0.05, 0.1) is 0 Å². The average molecular weight is 220 g/mol. The first-order valence-corrected chi connectivity index (χ1v) is 5.01. The second-order valence-corrected chi connectivity index (χ2v) is 3.45. The maximum atomic E-state index is 11.8. The Morgan fingerprint density at radius 2 is 1.94 bits per heavy atom. The number of ether oxygens (including phenoxy) is 1. The van der Waals surface area contributed by atoms with E-state index >= 15 is 0 Å². The molecule has 1 unspecified atom stereocenters. The van der Waals surface area contributed by atoms with Gasteiger partial charge < -0.3 is 10.5 Å². The summed E-state index contributed by atoms with van der Waals surface area (Å²) in [6.45, 7) is 0.434. The Morgan fingerprint density at radius 1 is 1.25 bits per heavy atom. The summed E-state index contributed by atoms with van der Waals surface area (Å²) in [7, 11) is 0. The molecule has 2 N–H and O–H groups in total. The van der Waals surface area contributed by atoms with Crippen molar-refractivity contribution in [2.45, 2.75) is 6.10 Å². The van der Waals surface area contributed by atoms with Crippen molar-refractivity contribution in [3.05, 3.63) is 35.9 Å². The fraction of sp³-hybridized carbons (Fsp3) is 0.273. The van der Waals surface area contributed by atoms with Crippen molar-refractivity contribution in [3.8, 4) is 0 Å². The molecule has 0 bridgehead atoms. The molecule has 0 aromatic heterocycles. The third-order valence-electron chi connectivity index (χ3n) is 2.38. The second kappa shape index (κ2) is 4.32. The first kappa shape index (κ1) is 10.6. The van der Waals surface area contributed by atoms with Gasteiger partial charge in [-0.25, -0.2) is 9.69 Å². The number of imide groups is 1. The molecule has 0 aliphatic carbocycles. The molecule has 0 radical (unpaired) electrons. The molecule has 1 atom stereocenters. The van der Waals surface area contributed by atoms with E-state index in [1.807, 2.05) is 6.07 Å². The van der Waals surface area contributed by atoms with Crippen molar-refractivity contribution >= 4 is 12.0 Å². The van der Waals surface area contributed by atoms with Gasteiger partial charge in [-0.2, -0.15) is 0 Å². The van der Waals surface area contributed by atoms with Crippen LogP contribution in [0.15, 0.2) is 30.3 Å². The van der Waals surface area contributed by atoms with E-state index in [4.69, 9.17) is 10.5 Å². The fourth-order valence-corrected chi connectivity index (χ4v) is 1.62. The summed E-state index contributed by atoms with van der Waals surface area (Å²) in [5.74, 6) is -0.346. The Kier molecular flexibility index (Phi) is 2.87. The molecule has 2 rings (SSSR count). The van der Waals surface area contributed by atoms with Crippen LogP contribution in [0.1, 0.15) is 11.7 Å². The van der Waals surface area contributed by atoms with Crippen molar-refractivity contribution in [2.75, 3.05) is 13.1 Å². The first-order chi connectivity index (χ1) is 7.74. The summed E-state index contributed by atoms with van der Waals surface area (Å²) in [6.07, 6.45) is -1.44. The van der Waals surface area contributed by atoms with Crippen molar-refractivity contribution in [1.82, 2.24) is 4.90 Å². The molecular formula is C11H12N2O3. The molecule has 16 heavy (non-hydrogen) atoms. The largest absolute Gasteiger partial charge is 0.431 e.